The van der Waals surface area contributed by atoms with Gasteiger partial charge in [-0.15, -0.1) is 0 Å². The number of halogens is 1. The van der Waals surface area contributed by atoms with Gasteiger partial charge in [-0.1, -0.05) is 6.07 Å². The second-order valence-electron chi connectivity index (χ2n) is 4.09. The Bertz CT molecular complexity index is 677. The van der Waals surface area contributed by atoms with Gasteiger partial charge < -0.3 is 4.74 Å². The van der Waals surface area contributed by atoms with Crippen LogP contribution in [-0.2, 0) is 16.6 Å². The maximum atomic E-state index is 12.8. The minimum Gasteiger partial charge on any atom is -0.495 e. The lowest BCUT2D eigenvalue weighted by molar-refractivity contribution is 0.413. The van der Waals surface area contributed by atoms with E-state index in [-0.39, 0.29) is 11.6 Å². The van der Waals surface area contributed by atoms with E-state index in [1.807, 2.05) is 6.07 Å². The molecule has 0 bridgehead atoms. The molecule has 0 radical (unpaired) electrons. The molecule has 0 aliphatic rings. The Morgan fingerprint density at radius 3 is 2.55 bits per heavy atom. The summed E-state index contributed by atoms with van der Waals surface area (Å²) in [5.41, 5.74) is 1.23. The molecule has 0 aliphatic carbocycles. The Balaban J connectivity index is 2.20. The van der Waals surface area contributed by atoms with Crippen LogP contribution < -0.4 is 4.74 Å². The number of benzene rings is 2. The zero-order valence-corrected chi connectivity index (χ0v) is 11.6. The number of methoxy groups -OCH3 is 1. The quantitative estimate of drug-likeness (QED) is 0.869. The normalized spacial score (nSPS) is 11.7. The van der Waals surface area contributed by atoms with Gasteiger partial charge in [0.1, 0.15) is 17.6 Å². The van der Waals surface area contributed by atoms with Crippen molar-refractivity contribution in [1.82, 2.24) is 0 Å². The van der Waals surface area contributed by atoms with E-state index in [1.54, 1.807) is 18.2 Å². The van der Waals surface area contributed by atoms with Crippen molar-refractivity contribution in [3.63, 3.8) is 0 Å². The van der Waals surface area contributed by atoms with Gasteiger partial charge in [-0.05, 0) is 42.0 Å². The van der Waals surface area contributed by atoms with Gasteiger partial charge in [0.15, 0.2) is 0 Å². The summed E-state index contributed by atoms with van der Waals surface area (Å²) < 4.78 is 30.1. The number of rotatable bonds is 4. The first-order valence-electron chi connectivity index (χ1n) is 5.85. The van der Waals surface area contributed by atoms with Gasteiger partial charge in [-0.2, -0.15) is 5.26 Å². The highest BCUT2D eigenvalue weighted by molar-refractivity contribution is 7.84. The highest BCUT2D eigenvalue weighted by Gasteiger charge is 2.08. The molecule has 2 aromatic rings. The van der Waals surface area contributed by atoms with Crippen LogP contribution in [0.3, 0.4) is 0 Å². The van der Waals surface area contributed by atoms with Gasteiger partial charge in [0.2, 0.25) is 0 Å². The first kappa shape index (κ1) is 14.2. The smallest absolute Gasteiger partial charge is 0.136 e. The first-order chi connectivity index (χ1) is 9.63. The summed E-state index contributed by atoms with van der Waals surface area (Å²) in [6.07, 6.45) is 0. The van der Waals surface area contributed by atoms with E-state index in [2.05, 4.69) is 0 Å². The van der Waals surface area contributed by atoms with Crippen LogP contribution in [0, 0.1) is 17.1 Å². The number of hydrogen-bond acceptors (Lipinski definition) is 3. The Morgan fingerprint density at radius 1 is 1.25 bits per heavy atom. The van der Waals surface area contributed by atoms with Crippen LogP contribution in [0.1, 0.15) is 11.1 Å². The van der Waals surface area contributed by atoms with Crippen LogP contribution >= 0.6 is 0 Å². The maximum absolute atomic E-state index is 12.8. The van der Waals surface area contributed by atoms with Crippen molar-refractivity contribution in [2.45, 2.75) is 10.6 Å². The predicted octanol–water partition coefficient (Wildman–Crippen LogP) is 3.01. The van der Waals surface area contributed by atoms with Crippen molar-refractivity contribution in [1.29, 1.82) is 5.26 Å². The largest absolute Gasteiger partial charge is 0.495 e. The average Bonchev–Trinajstić information content (AvgIpc) is 2.47. The van der Waals surface area contributed by atoms with E-state index in [4.69, 9.17) is 10.00 Å². The zero-order valence-electron chi connectivity index (χ0n) is 10.8. The van der Waals surface area contributed by atoms with Gasteiger partial charge in [0.05, 0.1) is 29.2 Å². The van der Waals surface area contributed by atoms with E-state index in [0.717, 1.165) is 5.56 Å². The van der Waals surface area contributed by atoms with Crippen LogP contribution in [0.5, 0.6) is 5.75 Å². The summed E-state index contributed by atoms with van der Waals surface area (Å²) in [4.78, 5) is 0.565. The number of nitrogens with zero attached hydrogens (tertiary/aromatic N) is 1. The molecule has 0 N–H and O–H groups in total. The lowest BCUT2D eigenvalue weighted by Crippen LogP contribution is -1.98. The third-order valence-electron chi connectivity index (χ3n) is 2.76. The molecule has 102 valence electrons. The molecule has 2 aromatic carbocycles. The first-order valence-corrected chi connectivity index (χ1v) is 7.17. The predicted molar refractivity (Wildman–Crippen MR) is 74.2 cm³/mol. The summed E-state index contributed by atoms with van der Waals surface area (Å²) in [6, 6.07) is 12.7. The van der Waals surface area contributed by atoms with Crippen molar-refractivity contribution in [3.8, 4) is 11.8 Å². The Morgan fingerprint density at radius 2 is 1.95 bits per heavy atom. The SMILES string of the molecule is COc1cc(CS(=O)c2ccc(F)cc2)ccc1C#N. The number of hydrogen-bond donors (Lipinski definition) is 0. The molecule has 1 unspecified atom stereocenters. The molecule has 2 rings (SSSR count). The van der Waals surface area contributed by atoms with Crippen molar-refractivity contribution in [2.75, 3.05) is 7.11 Å². The highest BCUT2D eigenvalue weighted by Crippen LogP contribution is 2.21. The lowest BCUT2D eigenvalue weighted by Gasteiger charge is -2.06. The van der Waals surface area contributed by atoms with Crippen molar-refractivity contribution in [3.05, 3.63) is 59.4 Å². The summed E-state index contributed by atoms with van der Waals surface area (Å²) in [7, 11) is 0.216. The zero-order chi connectivity index (χ0) is 14.5. The fourth-order valence-electron chi connectivity index (χ4n) is 1.74. The Labute approximate surface area is 119 Å². The van der Waals surface area contributed by atoms with E-state index in [0.29, 0.717) is 16.2 Å². The summed E-state index contributed by atoms with van der Waals surface area (Å²) in [6.45, 7) is 0. The summed E-state index contributed by atoms with van der Waals surface area (Å²) >= 11 is 0. The summed E-state index contributed by atoms with van der Waals surface area (Å²) in [5.74, 6) is 0.389. The van der Waals surface area contributed by atoms with Gasteiger partial charge in [-0.25, -0.2) is 4.39 Å². The van der Waals surface area contributed by atoms with Gasteiger partial charge in [0.25, 0.3) is 0 Å². The molecule has 0 saturated heterocycles. The maximum Gasteiger partial charge on any atom is 0.136 e. The van der Waals surface area contributed by atoms with E-state index in [1.165, 1.54) is 31.4 Å². The minimum absolute atomic E-state index is 0.285. The molecule has 0 amide bonds. The molecule has 3 nitrogen and oxygen atoms in total. The minimum atomic E-state index is -1.27. The topological polar surface area (TPSA) is 50.1 Å². The van der Waals surface area contributed by atoms with Crippen LogP contribution in [0.4, 0.5) is 4.39 Å². The van der Waals surface area contributed by atoms with E-state index < -0.39 is 10.8 Å². The molecule has 5 heteroatoms. The van der Waals surface area contributed by atoms with E-state index in [9.17, 15) is 8.60 Å². The molecule has 0 spiro atoms. The average molecular weight is 289 g/mol. The molecule has 20 heavy (non-hydrogen) atoms. The molecular formula is C15H12FNO2S. The molecular weight excluding hydrogens is 277 g/mol. The van der Waals surface area contributed by atoms with Crippen molar-refractivity contribution < 1.29 is 13.3 Å². The number of ether oxygens (including phenoxy) is 1. The molecule has 0 fully saturated rings. The fourth-order valence-corrected chi connectivity index (χ4v) is 2.83. The highest BCUT2D eigenvalue weighted by atomic mass is 32.2. The standard InChI is InChI=1S/C15H12FNO2S/c1-19-15-8-11(2-3-12(15)9-17)10-20(18)14-6-4-13(16)5-7-14/h2-8H,10H2,1H3. The summed E-state index contributed by atoms with van der Waals surface area (Å²) in [5, 5.41) is 8.90. The van der Waals surface area contributed by atoms with Crippen LogP contribution in [0.2, 0.25) is 0 Å². The molecule has 0 heterocycles. The molecule has 0 saturated carbocycles. The molecule has 0 aliphatic heterocycles. The Hall–Kier alpha value is -2.19. The second-order valence-corrected chi connectivity index (χ2v) is 5.54. The van der Waals surface area contributed by atoms with Gasteiger partial charge in [0, 0.05) is 4.90 Å². The Kier molecular flexibility index (Phi) is 4.49. The third-order valence-corrected chi connectivity index (χ3v) is 4.15. The second kappa shape index (κ2) is 6.31. The molecule has 0 aromatic heterocycles. The molecule has 1 atom stereocenters. The van der Waals surface area contributed by atoms with Crippen molar-refractivity contribution in [2.24, 2.45) is 0 Å². The van der Waals surface area contributed by atoms with Crippen LogP contribution in [0.25, 0.3) is 0 Å². The van der Waals surface area contributed by atoms with Crippen LogP contribution in [-0.4, -0.2) is 11.3 Å². The monoisotopic (exact) mass is 289 g/mol. The third kappa shape index (κ3) is 3.22. The van der Waals surface area contributed by atoms with Gasteiger partial charge >= 0.3 is 0 Å². The van der Waals surface area contributed by atoms with Crippen molar-refractivity contribution >= 4 is 10.8 Å². The number of nitriles is 1. The van der Waals surface area contributed by atoms with Crippen LogP contribution in [0.15, 0.2) is 47.4 Å². The van der Waals surface area contributed by atoms with Gasteiger partial charge in [-0.3, -0.25) is 4.21 Å². The van der Waals surface area contributed by atoms with E-state index >= 15 is 0 Å². The fraction of sp³-hybridized carbons (Fsp3) is 0.133. The lowest BCUT2D eigenvalue weighted by atomic mass is 10.1.